The molecule has 4 N–H and O–H groups in total. The number of phenolic OH excluding ortho intramolecular Hbond substituents is 1. The van der Waals surface area contributed by atoms with Crippen LogP contribution in [-0.2, 0) is 14.8 Å². The maximum absolute atomic E-state index is 13.1. The predicted octanol–water partition coefficient (Wildman–Crippen LogP) is 5.27. The van der Waals surface area contributed by atoms with E-state index in [0.717, 1.165) is 23.1 Å². The molecule has 0 unspecified atom stereocenters. The fourth-order valence-corrected chi connectivity index (χ4v) is 5.08. The van der Waals surface area contributed by atoms with Gasteiger partial charge in [0.1, 0.15) is 5.75 Å². The first kappa shape index (κ1) is 22.5. The standard InChI is InChI=1S/C24H20N2O5S2/c27-23(28)15-32-22-14-21(19-8-4-5-9-20(19)24(22)29)26-33(30,31)18-12-10-17(11-13-18)25-16-6-2-1-3-7-16/h1-14,25-26,29H,15H2,(H,27,28). The summed E-state index contributed by atoms with van der Waals surface area (Å²) in [5, 5.41) is 23.7. The number of nitrogens with one attached hydrogen (secondary N) is 2. The summed E-state index contributed by atoms with van der Waals surface area (Å²) >= 11 is 0.916. The molecule has 0 saturated heterocycles. The highest BCUT2D eigenvalue weighted by molar-refractivity contribution is 8.00. The summed E-state index contributed by atoms with van der Waals surface area (Å²) in [4.78, 5) is 11.3. The van der Waals surface area contributed by atoms with Gasteiger partial charge in [0.25, 0.3) is 10.0 Å². The van der Waals surface area contributed by atoms with Crippen LogP contribution in [0, 0.1) is 0 Å². The summed E-state index contributed by atoms with van der Waals surface area (Å²) in [7, 11) is -3.94. The summed E-state index contributed by atoms with van der Waals surface area (Å²) in [5.41, 5.74) is 1.87. The van der Waals surface area contributed by atoms with Crippen LogP contribution >= 0.6 is 11.8 Å². The van der Waals surface area contributed by atoms with Crippen molar-refractivity contribution in [1.29, 1.82) is 0 Å². The molecule has 0 aliphatic carbocycles. The minimum absolute atomic E-state index is 0.0676. The highest BCUT2D eigenvalue weighted by Crippen LogP contribution is 2.40. The molecule has 0 bridgehead atoms. The number of hydrogen-bond donors (Lipinski definition) is 4. The Kier molecular flexibility index (Phi) is 6.43. The third kappa shape index (κ3) is 5.21. The fourth-order valence-electron chi connectivity index (χ4n) is 3.28. The number of sulfonamides is 1. The van der Waals surface area contributed by atoms with Crippen molar-refractivity contribution in [2.75, 3.05) is 15.8 Å². The second-order valence-electron chi connectivity index (χ2n) is 7.12. The van der Waals surface area contributed by atoms with E-state index < -0.39 is 16.0 Å². The first-order valence-electron chi connectivity index (χ1n) is 9.88. The lowest BCUT2D eigenvalue weighted by atomic mass is 10.1. The molecular formula is C24H20N2O5S2. The number of phenols is 1. The Hall–Kier alpha value is -3.69. The van der Waals surface area contributed by atoms with Crippen LogP contribution < -0.4 is 10.0 Å². The summed E-state index contributed by atoms with van der Waals surface area (Å²) < 4.78 is 28.7. The summed E-state index contributed by atoms with van der Waals surface area (Å²) in [5.74, 6) is -1.40. The molecule has 4 aromatic carbocycles. The second-order valence-corrected chi connectivity index (χ2v) is 9.82. The van der Waals surface area contributed by atoms with Crippen molar-refractivity contribution >= 4 is 55.6 Å². The molecule has 33 heavy (non-hydrogen) atoms. The van der Waals surface area contributed by atoms with Gasteiger partial charge in [0.05, 0.1) is 21.2 Å². The third-order valence-electron chi connectivity index (χ3n) is 4.80. The monoisotopic (exact) mass is 480 g/mol. The molecule has 4 rings (SSSR count). The Morgan fingerprint density at radius 2 is 1.45 bits per heavy atom. The van der Waals surface area contributed by atoms with Gasteiger partial charge in [-0.3, -0.25) is 9.52 Å². The van der Waals surface area contributed by atoms with Crippen molar-refractivity contribution in [1.82, 2.24) is 0 Å². The molecule has 168 valence electrons. The Morgan fingerprint density at radius 1 is 0.848 bits per heavy atom. The van der Waals surface area contributed by atoms with Crippen molar-refractivity contribution in [3.05, 3.63) is 84.9 Å². The molecule has 0 aliphatic heterocycles. The van der Waals surface area contributed by atoms with E-state index in [9.17, 15) is 18.3 Å². The van der Waals surface area contributed by atoms with Crippen molar-refractivity contribution in [3.63, 3.8) is 0 Å². The van der Waals surface area contributed by atoms with Crippen molar-refractivity contribution in [3.8, 4) is 5.75 Å². The molecule has 0 saturated carbocycles. The lowest BCUT2D eigenvalue weighted by Crippen LogP contribution is -2.13. The number of anilines is 3. The van der Waals surface area contributed by atoms with Crippen LogP contribution in [0.2, 0.25) is 0 Å². The van der Waals surface area contributed by atoms with E-state index in [-0.39, 0.29) is 27.0 Å². The molecule has 4 aromatic rings. The van der Waals surface area contributed by atoms with E-state index in [0.29, 0.717) is 10.8 Å². The third-order valence-corrected chi connectivity index (χ3v) is 7.20. The molecule has 7 nitrogen and oxygen atoms in total. The lowest BCUT2D eigenvalue weighted by Gasteiger charge is -2.15. The Labute approximate surface area is 195 Å². The summed E-state index contributed by atoms with van der Waals surface area (Å²) in [6, 6.07) is 24.1. The number of carbonyl (C=O) groups is 1. The van der Waals surface area contributed by atoms with E-state index in [2.05, 4.69) is 10.0 Å². The molecule has 0 fully saturated rings. The van der Waals surface area contributed by atoms with Crippen LogP contribution in [0.5, 0.6) is 5.75 Å². The van der Waals surface area contributed by atoms with Gasteiger partial charge in [-0.2, -0.15) is 0 Å². The topological polar surface area (TPSA) is 116 Å². The maximum atomic E-state index is 13.1. The highest BCUT2D eigenvalue weighted by Gasteiger charge is 2.19. The summed E-state index contributed by atoms with van der Waals surface area (Å²) in [6.07, 6.45) is 0. The molecular weight excluding hydrogens is 460 g/mol. The number of rotatable bonds is 8. The quantitative estimate of drug-likeness (QED) is 0.201. The number of benzene rings is 4. The van der Waals surface area contributed by atoms with Gasteiger partial charge in [-0.05, 0) is 42.5 Å². The van der Waals surface area contributed by atoms with E-state index >= 15 is 0 Å². The van der Waals surface area contributed by atoms with Gasteiger partial charge >= 0.3 is 5.97 Å². The molecule has 0 spiro atoms. The van der Waals surface area contributed by atoms with Crippen LogP contribution in [0.1, 0.15) is 0 Å². The molecule has 0 aliphatic rings. The zero-order valence-corrected chi connectivity index (χ0v) is 18.9. The van der Waals surface area contributed by atoms with Crippen molar-refractivity contribution in [2.45, 2.75) is 9.79 Å². The van der Waals surface area contributed by atoms with Gasteiger partial charge in [0, 0.05) is 22.1 Å². The van der Waals surface area contributed by atoms with Gasteiger partial charge in [-0.15, -0.1) is 11.8 Å². The zero-order chi connectivity index (χ0) is 23.4. The summed E-state index contributed by atoms with van der Waals surface area (Å²) in [6.45, 7) is 0. The van der Waals surface area contributed by atoms with Gasteiger partial charge < -0.3 is 15.5 Å². The highest BCUT2D eigenvalue weighted by atomic mass is 32.2. The van der Waals surface area contributed by atoms with Crippen molar-refractivity contribution < 1.29 is 23.4 Å². The Morgan fingerprint density at radius 3 is 2.12 bits per heavy atom. The molecule has 0 atom stereocenters. The van der Waals surface area contributed by atoms with E-state index in [1.54, 1.807) is 36.4 Å². The van der Waals surface area contributed by atoms with E-state index in [1.807, 2.05) is 30.3 Å². The number of aromatic hydroxyl groups is 1. The number of aliphatic carboxylic acids is 1. The number of fused-ring (bicyclic) bond motifs is 1. The fraction of sp³-hybridized carbons (Fsp3) is 0.0417. The smallest absolute Gasteiger partial charge is 0.313 e. The molecule has 0 radical (unpaired) electrons. The van der Waals surface area contributed by atoms with Gasteiger partial charge in [-0.1, -0.05) is 42.5 Å². The van der Waals surface area contributed by atoms with Crippen LogP contribution in [0.4, 0.5) is 17.1 Å². The first-order chi connectivity index (χ1) is 15.8. The minimum atomic E-state index is -3.94. The maximum Gasteiger partial charge on any atom is 0.313 e. The normalized spacial score (nSPS) is 11.3. The zero-order valence-electron chi connectivity index (χ0n) is 17.2. The Bertz CT molecular complexity index is 1410. The molecule has 0 heterocycles. The van der Waals surface area contributed by atoms with E-state index in [4.69, 9.17) is 5.11 Å². The number of para-hydroxylation sites is 1. The average molecular weight is 481 g/mol. The number of hydrogen-bond acceptors (Lipinski definition) is 6. The number of carboxylic acids is 1. The number of carboxylic acid groups (broad SMARTS) is 1. The Balaban J connectivity index is 1.64. The lowest BCUT2D eigenvalue weighted by molar-refractivity contribution is -0.133. The SMILES string of the molecule is O=C(O)CSc1cc(NS(=O)(=O)c2ccc(Nc3ccccc3)cc2)c2ccccc2c1O. The van der Waals surface area contributed by atoms with Gasteiger partial charge in [-0.25, -0.2) is 8.42 Å². The van der Waals surface area contributed by atoms with Gasteiger partial charge in [0.2, 0.25) is 0 Å². The van der Waals surface area contributed by atoms with Gasteiger partial charge in [0.15, 0.2) is 0 Å². The second kappa shape index (κ2) is 9.43. The van der Waals surface area contributed by atoms with Crippen LogP contribution in [0.15, 0.2) is 94.7 Å². The molecule has 0 amide bonds. The number of thioether (sulfide) groups is 1. The van der Waals surface area contributed by atoms with Crippen LogP contribution in [0.25, 0.3) is 10.8 Å². The van der Waals surface area contributed by atoms with Crippen LogP contribution in [-0.4, -0.2) is 30.4 Å². The average Bonchev–Trinajstić information content (AvgIpc) is 2.81. The van der Waals surface area contributed by atoms with Crippen molar-refractivity contribution in [2.24, 2.45) is 0 Å². The largest absolute Gasteiger partial charge is 0.506 e. The van der Waals surface area contributed by atoms with Crippen LogP contribution in [0.3, 0.4) is 0 Å². The molecule has 0 aromatic heterocycles. The van der Waals surface area contributed by atoms with E-state index in [1.165, 1.54) is 18.2 Å². The first-order valence-corrected chi connectivity index (χ1v) is 12.3. The molecule has 9 heteroatoms. The minimum Gasteiger partial charge on any atom is -0.506 e. The predicted molar refractivity (Wildman–Crippen MR) is 131 cm³/mol.